The zero-order valence-electron chi connectivity index (χ0n) is 22.1. The average Bonchev–Trinajstić information content (AvgIpc) is 3.53. The molecule has 1 aromatic carbocycles. The summed E-state index contributed by atoms with van der Waals surface area (Å²) in [6.45, 7) is 15.3. The third kappa shape index (κ3) is 4.52. The quantitative estimate of drug-likeness (QED) is 0.323. The van der Waals surface area contributed by atoms with Crippen molar-refractivity contribution in [2.45, 2.75) is 75.4 Å². The predicted molar refractivity (Wildman–Crippen MR) is 150 cm³/mol. The van der Waals surface area contributed by atoms with Crippen molar-refractivity contribution < 1.29 is 4.39 Å². The molecular formula is C32H44FN3. The fourth-order valence-electron chi connectivity index (χ4n) is 7.45. The first-order valence-corrected chi connectivity index (χ1v) is 14.2. The van der Waals surface area contributed by atoms with Crippen molar-refractivity contribution >= 4 is 5.69 Å². The van der Waals surface area contributed by atoms with Gasteiger partial charge in [0, 0.05) is 68.1 Å². The van der Waals surface area contributed by atoms with Crippen molar-refractivity contribution in [3.05, 3.63) is 79.2 Å². The van der Waals surface area contributed by atoms with Crippen LogP contribution in [0.15, 0.2) is 73.6 Å². The fourth-order valence-corrected chi connectivity index (χ4v) is 7.45. The number of rotatable bonds is 4. The number of alkyl halides is 1. The molecule has 4 heteroatoms. The molecule has 0 N–H and O–H groups in total. The van der Waals surface area contributed by atoms with E-state index in [2.05, 4.69) is 76.9 Å². The minimum absolute atomic E-state index is 0.0707. The summed E-state index contributed by atoms with van der Waals surface area (Å²) in [4.78, 5) is 7.11. The molecule has 2 saturated heterocycles. The van der Waals surface area contributed by atoms with Gasteiger partial charge in [-0.05, 0) is 62.1 Å². The summed E-state index contributed by atoms with van der Waals surface area (Å²) < 4.78 is 16.2. The van der Waals surface area contributed by atoms with Crippen LogP contribution in [0.3, 0.4) is 0 Å². The Bertz CT molecular complexity index is 988. The highest BCUT2D eigenvalue weighted by Crippen LogP contribution is 2.55. The standard InChI is InChI=1S/C30H40FN3.C2H4/c1-24-29(27-13-7-8-14-28(27)34(24)26-11-3-2-4-12-26)15-21-33(22-16-29)30(31)17-19-32(20-18-30)23-25-9-5-6-10-25;1-2/h3,7-8,11-14,25H,1-2,4-6,9-10,15-23H2;1-2H2. The number of nitrogens with zero attached hydrogens (tertiary/aromatic N) is 3. The van der Waals surface area contributed by atoms with Gasteiger partial charge in [-0.15, -0.1) is 13.2 Å². The smallest absolute Gasteiger partial charge is 0.166 e. The van der Waals surface area contributed by atoms with Gasteiger partial charge in [-0.1, -0.05) is 49.8 Å². The first-order chi connectivity index (χ1) is 17.6. The molecule has 1 aromatic rings. The Morgan fingerprint density at radius 1 is 0.917 bits per heavy atom. The lowest BCUT2D eigenvalue weighted by atomic mass is 9.72. The van der Waals surface area contributed by atoms with Crippen LogP contribution >= 0.6 is 0 Å². The summed E-state index contributed by atoms with van der Waals surface area (Å²) in [7, 11) is 0. The number of piperidine rings is 2. The van der Waals surface area contributed by atoms with E-state index < -0.39 is 5.79 Å². The van der Waals surface area contributed by atoms with Crippen molar-refractivity contribution in [1.29, 1.82) is 0 Å². The zero-order chi connectivity index (χ0) is 25.2. The number of anilines is 1. The lowest BCUT2D eigenvalue weighted by molar-refractivity contribution is -0.0943. The highest BCUT2D eigenvalue weighted by atomic mass is 19.1. The first kappa shape index (κ1) is 25.5. The minimum atomic E-state index is -1.14. The van der Waals surface area contributed by atoms with Crippen molar-refractivity contribution in [2.75, 3.05) is 37.6 Å². The molecule has 3 aliphatic heterocycles. The number of para-hydroxylation sites is 1. The second-order valence-corrected chi connectivity index (χ2v) is 11.3. The number of fused-ring (bicyclic) bond motifs is 2. The van der Waals surface area contributed by atoms with Crippen LogP contribution in [0.25, 0.3) is 0 Å². The van der Waals surface area contributed by atoms with Crippen molar-refractivity contribution in [3.63, 3.8) is 0 Å². The van der Waals surface area contributed by atoms with E-state index in [4.69, 9.17) is 0 Å². The maximum atomic E-state index is 16.2. The molecule has 3 heterocycles. The van der Waals surface area contributed by atoms with Crippen LogP contribution in [0.1, 0.15) is 69.8 Å². The summed E-state index contributed by atoms with van der Waals surface area (Å²) >= 11 is 0. The van der Waals surface area contributed by atoms with Gasteiger partial charge in [-0.3, -0.25) is 4.90 Å². The summed E-state index contributed by atoms with van der Waals surface area (Å²) in [5.41, 5.74) is 5.02. The second kappa shape index (κ2) is 10.7. The van der Waals surface area contributed by atoms with Crippen LogP contribution in [0.5, 0.6) is 0 Å². The Kier molecular flexibility index (Phi) is 7.55. The molecule has 0 bridgehead atoms. The SMILES string of the molecule is C=C.C=C1N(C2=CCCC=C2)c2ccccc2C12CCN(C1(F)CCN(CC3CCCC3)CC1)CC2. The van der Waals surface area contributed by atoms with Crippen molar-refractivity contribution in [3.8, 4) is 0 Å². The first-order valence-electron chi connectivity index (χ1n) is 14.2. The maximum Gasteiger partial charge on any atom is 0.166 e. The number of halogens is 1. The molecule has 5 aliphatic rings. The van der Waals surface area contributed by atoms with Crippen molar-refractivity contribution in [2.24, 2.45) is 5.92 Å². The van der Waals surface area contributed by atoms with Crippen LogP contribution in [0.4, 0.5) is 10.1 Å². The van der Waals surface area contributed by atoms with E-state index >= 15 is 4.39 Å². The number of allylic oxidation sites excluding steroid dienone is 4. The maximum absolute atomic E-state index is 16.2. The average molecular weight is 490 g/mol. The van der Waals surface area contributed by atoms with Gasteiger partial charge in [0.25, 0.3) is 0 Å². The van der Waals surface area contributed by atoms with Gasteiger partial charge in [0.1, 0.15) is 0 Å². The van der Waals surface area contributed by atoms with Crippen LogP contribution in [0.2, 0.25) is 0 Å². The molecule has 1 spiro atoms. The van der Waals surface area contributed by atoms with Crippen molar-refractivity contribution in [1.82, 2.24) is 9.80 Å². The Balaban J connectivity index is 0.00000130. The minimum Gasteiger partial charge on any atom is -0.314 e. The molecule has 194 valence electrons. The molecular weight excluding hydrogens is 445 g/mol. The molecule has 0 radical (unpaired) electrons. The monoisotopic (exact) mass is 489 g/mol. The number of benzene rings is 1. The molecule has 36 heavy (non-hydrogen) atoms. The summed E-state index contributed by atoms with van der Waals surface area (Å²) in [5, 5.41) is 0. The number of hydrogen-bond donors (Lipinski definition) is 0. The van der Waals surface area contributed by atoms with E-state index in [1.165, 1.54) is 54.9 Å². The Morgan fingerprint density at radius 2 is 1.61 bits per heavy atom. The van der Waals surface area contributed by atoms with Gasteiger partial charge in [-0.2, -0.15) is 0 Å². The van der Waals surface area contributed by atoms with Gasteiger partial charge >= 0.3 is 0 Å². The van der Waals surface area contributed by atoms with Crippen LogP contribution in [0, 0.1) is 5.92 Å². The molecule has 0 unspecified atom stereocenters. The van der Waals surface area contributed by atoms with E-state index in [1.807, 2.05) is 0 Å². The summed E-state index contributed by atoms with van der Waals surface area (Å²) in [6, 6.07) is 8.82. The normalized spacial score (nSPS) is 26.0. The molecule has 3 fully saturated rings. The zero-order valence-corrected chi connectivity index (χ0v) is 22.1. The van der Waals surface area contributed by atoms with Gasteiger partial charge in [0.05, 0.1) is 0 Å². The van der Waals surface area contributed by atoms with E-state index in [0.717, 1.165) is 57.8 Å². The van der Waals surface area contributed by atoms with E-state index in [1.54, 1.807) is 0 Å². The van der Waals surface area contributed by atoms with E-state index in [-0.39, 0.29) is 5.41 Å². The van der Waals surface area contributed by atoms with Crippen LogP contribution < -0.4 is 4.90 Å². The number of hydrogen-bond acceptors (Lipinski definition) is 3. The topological polar surface area (TPSA) is 9.72 Å². The highest BCUT2D eigenvalue weighted by molar-refractivity contribution is 5.75. The van der Waals surface area contributed by atoms with E-state index in [9.17, 15) is 0 Å². The second-order valence-electron chi connectivity index (χ2n) is 11.3. The molecule has 0 atom stereocenters. The number of likely N-dealkylation sites (tertiary alicyclic amines) is 2. The molecule has 0 amide bonds. The highest BCUT2D eigenvalue weighted by Gasteiger charge is 2.51. The van der Waals surface area contributed by atoms with Crippen LogP contribution in [-0.4, -0.2) is 48.3 Å². The van der Waals surface area contributed by atoms with E-state index in [0.29, 0.717) is 12.8 Å². The Hall–Kier alpha value is -2.17. The molecule has 3 nitrogen and oxygen atoms in total. The molecule has 1 saturated carbocycles. The molecule has 0 aromatic heterocycles. The fraction of sp³-hybridized carbons (Fsp3) is 0.562. The summed E-state index contributed by atoms with van der Waals surface area (Å²) in [6.07, 6.45) is 17.8. The van der Waals surface area contributed by atoms with Crippen LogP contribution in [-0.2, 0) is 5.41 Å². The van der Waals surface area contributed by atoms with Gasteiger partial charge in [-0.25, -0.2) is 4.39 Å². The van der Waals surface area contributed by atoms with Gasteiger partial charge in [0.15, 0.2) is 5.79 Å². The van der Waals surface area contributed by atoms with Gasteiger partial charge in [0.2, 0.25) is 0 Å². The van der Waals surface area contributed by atoms with Gasteiger partial charge < -0.3 is 9.80 Å². The largest absolute Gasteiger partial charge is 0.314 e. The Labute approximate surface area is 218 Å². The molecule has 6 rings (SSSR count). The lowest BCUT2D eigenvalue weighted by Gasteiger charge is -2.49. The third-order valence-electron chi connectivity index (χ3n) is 9.51. The third-order valence-corrected chi connectivity index (χ3v) is 9.51. The lowest BCUT2D eigenvalue weighted by Crippen LogP contribution is -2.57. The predicted octanol–water partition coefficient (Wildman–Crippen LogP) is 7.34. The molecule has 2 aliphatic carbocycles. The Morgan fingerprint density at radius 3 is 2.28 bits per heavy atom. The summed E-state index contributed by atoms with van der Waals surface area (Å²) in [5.74, 6) is -0.283.